The van der Waals surface area contributed by atoms with E-state index in [0.717, 1.165) is 0 Å². The van der Waals surface area contributed by atoms with Crippen molar-refractivity contribution >= 4 is 17.3 Å². The number of rotatable bonds is 4. The summed E-state index contributed by atoms with van der Waals surface area (Å²) < 4.78 is 0. The van der Waals surface area contributed by atoms with E-state index in [1.165, 1.54) is 18.2 Å². The molecule has 0 aromatic heterocycles. The van der Waals surface area contributed by atoms with Crippen LogP contribution in [0.4, 0.5) is 11.4 Å². The van der Waals surface area contributed by atoms with Crippen LogP contribution in [0.5, 0.6) is 0 Å². The fourth-order valence-corrected chi connectivity index (χ4v) is 1.42. The van der Waals surface area contributed by atoms with Crippen LogP contribution >= 0.6 is 0 Å². The number of hydrogen-bond acceptors (Lipinski definition) is 4. The van der Waals surface area contributed by atoms with Gasteiger partial charge in [0.15, 0.2) is 0 Å². The average Bonchev–Trinajstić information content (AvgIpc) is 2.27. The summed E-state index contributed by atoms with van der Waals surface area (Å²) in [6.07, 6.45) is 0. The second kappa shape index (κ2) is 5.26. The van der Waals surface area contributed by atoms with Crippen molar-refractivity contribution in [1.82, 2.24) is 0 Å². The number of benzene rings is 1. The van der Waals surface area contributed by atoms with E-state index in [1.807, 2.05) is 27.7 Å². The highest BCUT2D eigenvalue weighted by Gasteiger charge is 2.23. The maximum atomic E-state index is 11.0. The van der Waals surface area contributed by atoms with Gasteiger partial charge in [-0.1, -0.05) is 20.8 Å². The molecule has 0 amide bonds. The first kappa shape index (κ1) is 14.9. The van der Waals surface area contributed by atoms with E-state index in [-0.39, 0.29) is 17.0 Å². The van der Waals surface area contributed by atoms with Crippen LogP contribution in [0.15, 0.2) is 18.2 Å². The molecule has 0 aliphatic rings. The molecule has 1 aromatic carbocycles. The van der Waals surface area contributed by atoms with E-state index >= 15 is 0 Å². The molecular weight excluding hydrogens is 248 g/mol. The third-order valence-electron chi connectivity index (χ3n) is 3.11. The smallest absolute Gasteiger partial charge is 0.342 e. The number of nitrogens with zero attached hydrogens (tertiary/aromatic N) is 1. The lowest BCUT2D eigenvalue weighted by molar-refractivity contribution is -0.385. The topological polar surface area (TPSA) is 92.5 Å². The summed E-state index contributed by atoms with van der Waals surface area (Å²) in [7, 11) is 0. The Labute approximate surface area is 111 Å². The Morgan fingerprint density at radius 1 is 1.42 bits per heavy atom. The number of nitro benzene ring substituents is 1. The molecule has 0 aliphatic heterocycles. The fraction of sp³-hybridized carbons (Fsp3) is 0.462. The van der Waals surface area contributed by atoms with Gasteiger partial charge in [-0.3, -0.25) is 10.1 Å². The van der Waals surface area contributed by atoms with E-state index in [9.17, 15) is 14.9 Å². The Kier molecular flexibility index (Phi) is 4.14. The zero-order chi connectivity index (χ0) is 14.8. The number of carboxylic acids is 1. The van der Waals surface area contributed by atoms with Gasteiger partial charge in [0.2, 0.25) is 0 Å². The third kappa shape index (κ3) is 3.67. The highest BCUT2D eigenvalue weighted by Crippen LogP contribution is 2.26. The maximum absolute atomic E-state index is 11.0. The number of aromatic carboxylic acids is 1. The Bertz CT molecular complexity index is 506. The van der Waals surface area contributed by atoms with E-state index < -0.39 is 16.6 Å². The monoisotopic (exact) mass is 266 g/mol. The molecule has 0 fully saturated rings. The SMILES string of the molecule is CC(Nc1ccc([N+](=O)[O-])c(C(=O)O)c1)C(C)(C)C. The Morgan fingerprint density at radius 2 is 2.00 bits per heavy atom. The zero-order valence-electron chi connectivity index (χ0n) is 11.4. The largest absolute Gasteiger partial charge is 0.477 e. The van der Waals surface area contributed by atoms with E-state index in [1.54, 1.807) is 0 Å². The molecule has 0 saturated carbocycles. The molecule has 6 heteroatoms. The summed E-state index contributed by atoms with van der Waals surface area (Å²) in [4.78, 5) is 21.1. The molecule has 1 aromatic rings. The van der Waals surface area contributed by atoms with Gasteiger partial charge in [-0.15, -0.1) is 0 Å². The van der Waals surface area contributed by atoms with Gasteiger partial charge < -0.3 is 10.4 Å². The molecule has 19 heavy (non-hydrogen) atoms. The molecule has 0 aliphatic carbocycles. The van der Waals surface area contributed by atoms with E-state index in [0.29, 0.717) is 5.69 Å². The van der Waals surface area contributed by atoms with Crippen molar-refractivity contribution in [3.63, 3.8) is 0 Å². The van der Waals surface area contributed by atoms with Gasteiger partial charge in [-0.05, 0) is 24.5 Å². The van der Waals surface area contributed by atoms with E-state index in [4.69, 9.17) is 5.11 Å². The molecule has 1 unspecified atom stereocenters. The van der Waals surface area contributed by atoms with Crippen LogP contribution in [0, 0.1) is 15.5 Å². The van der Waals surface area contributed by atoms with Gasteiger partial charge in [0.05, 0.1) is 4.92 Å². The van der Waals surface area contributed by atoms with Crippen LogP contribution in [-0.4, -0.2) is 22.0 Å². The fourth-order valence-electron chi connectivity index (χ4n) is 1.42. The van der Waals surface area contributed by atoms with Crippen LogP contribution in [-0.2, 0) is 0 Å². The summed E-state index contributed by atoms with van der Waals surface area (Å²) >= 11 is 0. The Balaban J connectivity index is 3.10. The lowest BCUT2D eigenvalue weighted by Crippen LogP contribution is -2.30. The number of carboxylic acid groups (broad SMARTS) is 1. The molecule has 0 saturated heterocycles. The standard InChI is InChI=1S/C13H18N2O4/c1-8(13(2,3)4)14-9-5-6-11(15(18)19)10(7-9)12(16)17/h5-8,14H,1-4H3,(H,16,17). The van der Waals surface area contributed by atoms with Crippen molar-refractivity contribution in [2.75, 3.05) is 5.32 Å². The highest BCUT2D eigenvalue weighted by molar-refractivity contribution is 5.93. The predicted octanol–water partition coefficient (Wildman–Crippen LogP) is 3.14. The molecule has 0 radical (unpaired) electrons. The zero-order valence-corrected chi connectivity index (χ0v) is 11.4. The van der Waals surface area contributed by atoms with Crippen LogP contribution in [0.2, 0.25) is 0 Å². The summed E-state index contributed by atoms with van der Waals surface area (Å²) in [5.41, 5.74) is -0.159. The second-order valence-electron chi connectivity index (χ2n) is 5.53. The molecule has 1 atom stereocenters. The van der Waals surface area contributed by atoms with E-state index in [2.05, 4.69) is 5.32 Å². The number of nitrogens with one attached hydrogen (secondary N) is 1. The number of anilines is 1. The average molecular weight is 266 g/mol. The summed E-state index contributed by atoms with van der Waals surface area (Å²) in [5, 5.41) is 22.9. The minimum atomic E-state index is -1.31. The van der Waals surface area contributed by atoms with Crippen LogP contribution in [0.25, 0.3) is 0 Å². The van der Waals surface area contributed by atoms with Crippen LogP contribution < -0.4 is 5.32 Å². The number of carbonyl (C=O) groups is 1. The summed E-state index contributed by atoms with van der Waals surface area (Å²) in [6.45, 7) is 8.12. The summed E-state index contributed by atoms with van der Waals surface area (Å²) in [6, 6.07) is 4.12. The predicted molar refractivity (Wildman–Crippen MR) is 72.6 cm³/mol. The molecule has 104 valence electrons. The van der Waals surface area contributed by atoms with Gasteiger partial charge in [-0.2, -0.15) is 0 Å². The van der Waals surface area contributed by atoms with Gasteiger partial charge in [-0.25, -0.2) is 4.79 Å². The number of nitro groups is 1. The molecule has 0 spiro atoms. The van der Waals surface area contributed by atoms with Crippen molar-refractivity contribution in [3.8, 4) is 0 Å². The molecule has 1 rings (SSSR count). The van der Waals surface area contributed by atoms with Gasteiger partial charge in [0.1, 0.15) is 5.56 Å². The Morgan fingerprint density at radius 3 is 2.42 bits per heavy atom. The molecule has 0 heterocycles. The minimum Gasteiger partial charge on any atom is -0.477 e. The third-order valence-corrected chi connectivity index (χ3v) is 3.11. The van der Waals surface area contributed by atoms with Gasteiger partial charge in [0, 0.05) is 17.8 Å². The lowest BCUT2D eigenvalue weighted by atomic mass is 9.88. The highest BCUT2D eigenvalue weighted by atomic mass is 16.6. The van der Waals surface area contributed by atoms with Crippen molar-refractivity contribution in [2.24, 2.45) is 5.41 Å². The summed E-state index contributed by atoms with van der Waals surface area (Å²) in [5.74, 6) is -1.31. The van der Waals surface area contributed by atoms with Crippen molar-refractivity contribution < 1.29 is 14.8 Å². The molecule has 2 N–H and O–H groups in total. The maximum Gasteiger partial charge on any atom is 0.342 e. The Hall–Kier alpha value is -2.11. The first-order chi connectivity index (χ1) is 8.62. The second-order valence-corrected chi connectivity index (χ2v) is 5.53. The lowest BCUT2D eigenvalue weighted by Gasteiger charge is -2.29. The van der Waals surface area contributed by atoms with Crippen molar-refractivity contribution in [3.05, 3.63) is 33.9 Å². The van der Waals surface area contributed by atoms with Gasteiger partial charge in [0.25, 0.3) is 5.69 Å². The molecule has 0 bridgehead atoms. The first-order valence-electron chi connectivity index (χ1n) is 5.91. The minimum absolute atomic E-state index is 0.00877. The van der Waals surface area contributed by atoms with Crippen molar-refractivity contribution in [2.45, 2.75) is 33.7 Å². The first-order valence-corrected chi connectivity index (χ1v) is 5.91. The molecular formula is C13H18N2O4. The molecule has 6 nitrogen and oxygen atoms in total. The van der Waals surface area contributed by atoms with Crippen LogP contribution in [0.3, 0.4) is 0 Å². The van der Waals surface area contributed by atoms with Gasteiger partial charge >= 0.3 is 5.97 Å². The van der Waals surface area contributed by atoms with Crippen LogP contribution in [0.1, 0.15) is 38.1 Å². The quantitative estimate of drug-likeness (QED) is 0.645. The van der Waals surface area contributed by atoms with Crippen molar-refractivity contribution in [1.29, 1.82) is 0 Å². The number of hydrogen-bond donors (Lipinski definition) is 2. The normalized spacial score (nSPS) is 12.8.